The van der Waals surface area contributed by atoms with Gasteiger partial charge in [0.05, 0.1) is 11.1 Å². The van der Waals surface area contributed by atoms with Crippen LogP contribution >= 0.6 is 0 Å². The monoisotopic (exact) mass is 354 g/mol. The van der Waals surface area contributed by atoms with Crippen LogP contribution in [0.1, 0.15) is 36.2 Å². The maximum absolute atomic E-state index is 13.3. The zero-order valence-corrected chi connectivity index (χ0v) is 13.3. The van der Waals surface area contributed by atoms with Crippen molar-refractivity contribution in [3.63, 3.8) is 0 Å². The van der Waals surface area contributed by atoms with E-state index in [2.05, 4.69) is 5.32 Å². The van der Waals surface area contributed by atoms with Gasteiger partial charge in [-0.3, -0.25) is 9.59 Å². The molecule has 0 saturated heterocycles. The minimum absolute atomic E-state index is 0.0464. The molecule has 0 spiro atoms. The van der Waals surface area contributed by atoms with Gasteiger partial charge in [0.25, 0.3) is 5.91 Å². The number of nitrogens with one attached hydrogen (secondary N) is 1. The summed E-state index contributed by atoms with van der Waals surface area (Å²) < 4.78 is 44.9. The zero-order chi connectivity index (χ0) is 18.2. The van der Waals surface area contributed by atoms with Gasteiger partial charge in [-0.05, 0) is 24.8 Å². The van der Waals surface area contributed by atoms with Crippen molar-refractivity contribution in [2.75, 3.05) is 12.3 Å². The predicted molar refractivity (Wildman–Crippen MR) is 86.1 cm³/mol. The minimum Gasteiger partial charge on any atom is -0.448 e. The number of hydrogen-bond acceptors (Lipinski definition) is 4. The number of nitrogens with two attached hydrogens (primary N) is 1. The van der Waals surface area contributed by atoms with E-state index in [1.807, 2.05) is 0 Å². The molecule has 3 rings (SSSR count). The first-order chi connectivity index (χ1) is 11.7. The molecule has 3 N–H and O–H groups in total. The normalized spacial score (nSPS) is 17.6. The number of alkyl halides is 2. The Bertz CT molecular complexity index is 869. The summed E-state index contributed by atoms with van der Waals surface area (Å²) in [6.07, 6.45) is 0.254. The molecule has 25 heavy (non-hydrogen) atoms. The van der Waals surface area contributed by atoms with Gasteiger partial charge >= 0.3 is 0 Å². The summed E-state index contributed by atoms with van der Waals surface area (Å²) in [5.74, 6) is -4.24. The van der Waals surface area contributed by atoms with Gasteiger partial charge in [-0.2, -0.15) is 0 Å². The Balaban J connectivity index is 1.73. The van der Waals surface area contributed by atoms with E-state index in [0.717, 1.165) is 18.2 Å². The molecule has 1 aliphatic carbocycles. The van der Waals surface area contributed by atoms with Crippen molar-refractivity contribution in [2.45, 2.75) is 31.6 Å². The summed E-state index contributed by atoms with van der Waals surface area (Å²) in [5.41, 5.74) is 4.90. The summed E-state index contributed by atoms with van der Waals surface area (Å²) in [7, 11) is 0. The largest absolute Gasteiger partial charge is 0.448 e. The fourth-order valence-electron chi connectivity index (χ4n) is 2.99. The Hall–Kier alpha value is -2.51. The number of amides is 1. The number of hydrogen-bond donors (Lipinski definition) is 2. The Morgan fingerprint density at radius 1 is 1.28 bits per heavy atom. The molecule has 8 heteroatoms. The van der Waals surface area contributed by atoms with Crippen LogP contribution in [0.25, 0.3) is 11.0 Å². The smallest absolute Gasteiger partial charge is 0.287 e. The standard InChI is InChI=1S/C17H17F3N2O3/c18-10-5-11-13(23)7-14(25-15(11)12(21)6-10)16(24)22-8-9-1-3-17(19,20)4-2-9/h5-7,9H,1-4,8,21H2,(H,22,24). The van der Waals surface area contributed by atoms with Crippen LogP contribution < -0.4 is 16.5 Å². The van der Waals surface area contributed by atoms with Gasteiger partial charge < -0.3 is 15.5 Å². The molecule has 0 unspecified atom stereocenters. The summed E-state index contributed by atoms with van der Waals surface area (Å²) in [4.78, 5) is 24.2. The highest BCUT2D eigenvalue weighted by molar-refractivity contribution is 5.95. The second-order valence-electron chi connectivity index (χ2n) is 6.36. The second-order valence-corrected chi connectivity index (χ2v) is 6.36. The lowest BCUT2D eigenvalue weighted by molar-refractivity contribution is -0.0452. The third-order valence-electron chi connectivity index (χ3n) is 4.43. The molecule has 1 fully saturated rings. The average molecular weight is 354 g/mol. The molecule has 1 aromatic heterocycles. The maximum Gasteiger partial charge on any atom is 0.287 e. The average Bonchev–Trinajstić information content (AvgIpc) is 2.54. The highest BCUT2D eigenvalue weighted by Gasteiger charge is 2.34. The molecule has 1 amide bonds. The van der Waals surface area contributed by atoms with Crippen LogP contribution in [-0.2, 0) is 0 Å². The molecule has 0 atom stereocenters. The van der Waals surface area contributed by atoms with Crippen LogP contribution in [0.15, 0.2) is 27.4 Å². The summed E-state index contributed by atoms with van der Waals surface area (Å²) in [5, 5.41) is 2.54. The van der Waals surface area contributed by atoms with Crippen molar-refractivity contribution in [1.29, 1.82) is 0 Å². The van der Waals surface area contributed by atoms with E-state index in [-0.39, 0.29) is 47.7 Å². The number of anilines is 1. The lowest BCUT2D eigenvalue weighted by atomic mass is 9.87. The van der Waals surface area contributed by atoms with Gasteiger partial charge in [-0.1, -0.05) is 0 Å². The van der Waals surface area contributed by atoms with Crippen LogP contribution in [0, 0.1) is 11.7 Å². The van der Waals surface area contributed by atoms with Gasteiger partial charge in [0.1, 0.15) is 5.82 Å². The molecule has 1 heterocycles. The molecule has 1 saturated carbocycles. The predicted octanol–water partition coefficient (Wildman–Crippen LogP) is 3.07. The third kappa shape index (κ3) is 3.78. The summed E-state index contributed by atoms with van der Waals surface area (Å²) >= 11 is 0. The lowest BCUT2D eigenvalue weighted by Gasteiger charge is -2.28. The topological polar surface area (TPSA) is 85.3 Å². The van der Waals surface area contributed by atoms with Crippen molar-refractivity contribution in [1.82, 2.24) is 5.32 Å². The van der Waals surface area contributed by atoms with Crippen LogP contribution in [-0.4, -0.2) is 18.4 Å². The highest BCUT2D eigenvalue weighted by Crippen LogP contribution is 2.35. The van der Waals surface area contributed by atoms with Crippen molar-refractivity contribution in [3.05, 3.63) is 40.0 Å². The summed E-state index contributed by atoms with van der Waals surface area (Å²) in [6, 6.07) is 2.95. The van der Waals surface area contributed by atoms with Crippen LogP contribution in [0.2, 0.25) is 0 Å². The fourth-order valence-corrected chi connectivity index (χ4v) is 2.99. The van der Waals surface area contributed by atoms with E-state index in [0.29, 0.717) is 12.8 Å². The number of nitrogen functional groups attached to an aromatic ring is 1. The minimum atomic E-state index is -2.63. The second kappa shape index (κ2) is 6.42. The molecule has 1 aliphatic rings. The van der Waals surface area contributed by atoms with Crippen molar-refractivity contribution in [2.24, 2.45) is 5.92 Å². The van der Waals surface area contributed by atoms with Crippen molar-refractivity contribution >= 4 is 22.6 Å². The third-order valence-corrected chi connectivity index (χ3v) is 4.43. The molecule has 0 radical (unpaired) electrons. The van der Waals surface area contributed by atoms with E-state index in [4.69, 9.17) is 10.2 Å². The molecule has 0 aliphatic heterocycles. The zero-order valence-electron chi connectivity index (χ0n) is 13.3. The van der Waals surface area contributed by atoms with E-state index in [1.165, 1.54) is 0 Å². The van der Waals surface area contributed by atoms with E-state index in [1.54, 1.807) is 0 Å². The van der Waals surface area contributed by atoms with Gasteiger partial charge in [-0.15, -0.1) is 0 Å². The fraction of sp³-hybridized carbons (Fsp3) is 0.412. The molecule has 0 bridgehead atoms. The SMILES string of the molecule is Nc1cc(F)cc2c(=O)cc(C(=O)NCC3CCC(F)(F)CC3)oc12. The number of benzene rings is 1. The van der Waals surface area contributed by atoms with Crippen LogP contribution in [0.4, 0.5) is 18.9 Å². The van der Waals surface area contributed by atoms with E-state index >= 15 is 0 Å². The highest BCUT2D eigenvalue weighted by atomic mass is 19.3. The lowest BCUT2D eigenvalue weighted by Crippen LogP contribution is -2.34. The number of rotatable bonds is 3. The Labute approximate surface area is 141 Å². The van der Waals surface area contributed by atoms with Crippen LogP contribution in [0.3, 0.4) is 0 Å². The maximum atomic E-state index is 13.3. The molecule has 1 aromatic carbocycles. The number of carbonyl (C=O) groups excluding carboxylic acids is 1. The van der Waals surface area contributed by atoms with E-state index < -0.39 is 23.1 Å². The van der Waals surface area contributed by atoms with Crippen LogP contribution in [0.5, 0.6) is 0 Å². The quantitative estimate of drug-likeness (QED) is 0.830. The van der Waals surface area contributed by atoms with Crippen molar-refractivity contribution in [3.8, 4) is 0 Å². The van der Waals surface area contributed by atoms with E-state index in [9.17, 15) is 22.8 Å². The molecule has 2 aromatic rings. The molecule has 134 valence electrons. The van der Waals surface area contributed by atoms with Gasteiger partial charge in [0, 0.05) is 31.5 Å². The Morgan fingerprint density at radius 2 is 1.96 bits per heavy atom. The molecule has 5 nitrogen and oxygen atoms in total. The molecular formula is C17H17F3N2O3. The van der Waals surface area contributed by atoms with Gasteiger partial charge in [0.2, 0.25) is 5.92 Å². The first-order valence-electron chi connectivity index (χ1n) is 7.94. The van der Waals surface area contributed by atoms with Gasteiger partial charge in [0.15, 0.2) is 16.8 Å². The number of carbonyl (C=O) groups is 1. The first kappa shape index (κ1) is 17.3. The Morgan fingerprint density at radius 3 is 2.64 bits per heavy atom. The first-order valence-corrected chi connectivity index (χ1v) is 7.94. The summed E-state index contributed by atoms with van der Waals surface area (Å²) in [6.45, 7) is 0.218. The Kier molecular flexibility index (Phi) is 4.45. The number of fused-ring (bicyclic) bond motifs is 1. The van der Waals surface area contributed by atoms with Gasteiger partial charge in [-0.25, -0.2) is 13.2 Å². The van der Waals surface area contributed by atoms with Crippen molar-refractivity contribution < 1.29 is 22.4 Å². The number of halogens is 3. The molecular weight excluding hydrogens is 337 g/mol.